The van der Waals surface area contributed by atoms with Crippen molar-refractivity contribution < 1.29 is 23.9 Å². The highest BCUT2D eigenvalue weighted by molar-refractivity contribution is 6.75. The second-order valence-corrected chi connectivity index (χ2v) is 20.5. The molecule has 5 nitrogen and oxygen atoms in total. The molecule has 0 aliphatic carbocycles. The van der Waals surface area contributed by atoms with E-state index >= 15 is 0 Å². The molecule has 7 heteroatoms. The van der Waals surface area contributed by atoms with Crippen molar-refractivity contribution in [3.8, 4) is 11.5 Å². The standard InChI is InChI=1S/C23H40O5Si2/c1-16(21(25)26)19(24)15-17-14-18(27-29(8,9)22(2,3)4)12-13-20(17)28-30(10,11)23(5,6)7/h12-14,19,24H,1,15H2,2-11H3,(H,25,26). The Labute approximate surface area is 184 Å². The van der Waals surface area contributed by atoms with E-state index in [-0.39, 0.29) is 22.1 Å². The van der Waals surface area contributed by atoms with E-state index in [2.05, 4.69) is 74.3 Å². The van der Waals surface area contributed by atoms with Gasteiger partial charge < -0.3 is 19.1 Å². The molecule has 2 N–H and O–H groups in total. The Morgan fingerprint density at radius 2 is 1.47 bits per heavy atom. The molecule has 0 aliphatic heterocycles. The van der Waals surface area contributed by atoms with Crippen LogP contribution in [0.1, 0.15) is 47.1 Å². The van der Waals surface area contributed by atoms with Crippen molar-refractivity contribution >= 4 is 22.6 Å². The van der Waals surface area contributed by atoms with Crippen LogP contribution in [0, 0.1) is 0 Å². The molecule has 0 aliphatic rings. The van der Waals surface area contributed by atoms with E-state index in [9.17, 15) is 15.0 Å². The number of rotatable bonds is 8. The molecule has 1 unspecified atom stereocenters. The number of hydrogen-bond acceptors (Lipinski definition) is 4. The van der Waals surface area contributed by atoms with Crippen LogP contribution in [0.2, 0.25) is 36.3 Å². The molecular weight excluding hydrogens is 412 g/mol. The Bertz CT molecular complexity index is 786. The van der Waals surface area contributed by atoms with Gasteiger partial charge in [-0.3, -0.25) is 0 Å². The zero-order valence-electron chi connectivity index (χ0n) is 20.3. The highest BCUT2D eigenvalue weighted by Gasteiger charge is 2.40. The molecule has 1 aromatic carbocycles. The van der Waals surface area contributed by atoms with Crippen LogP contribution in [-0.2, 0) is 11.2 Å². The molecule has 0 amide bonds. The maximum atomic E-state index is 11.2. The molecule has 0 spiro atoms. The molecule has 1 atom stereocenters. The van der Waals surface area contributed by atoms with Crippen molar-refractivity contribution in [3.05, 3.63) is 35.9 Å². The molecule has 1 rings (SSSR count). The average molecular weight is 453 g/mol. The van der Waals surface area contributed by atoms with Crippen LogP contribution in [0.25, 0.3) is 0 Å². The predicted octanol–water partition coefficient (Wildman–Crippen LogP) is 6.00. The lowest BCUT2D eigenvalue weighted by molar-refractivity contribution is -0.133. The van der Waals surface area contributed by atoms with Crippen LogP contribution in [0.3, 0.4) is 0 Å². The summed E-state index contributed by atoms with van der Waals surface area (Å²) in [4.78, 5) is 11.2. The monoisotopic (exact) mass is 452 g/mol. The quantitative estimate of drug-likeness (QED) is 0.374. The normalized spacial score (nSPS) is 14.2. The van der Waals surface area contributed by atoms with Gasteiger partial charge in [-0.1, -0.05) is 48.1 Å². The molecule has 0 bridgehead atoms. The maximum Gasteiger partial charge on any atom is 0.333 e. The van der Waals surface area contributed by atoms with Crippen molar-refractivity contribution in [3.63, 3.8) is 0 Å². The first-order valence-electron chi connectivity index (χ1n) is 10.4. The third-order valence-corrected chi connectivity index (χ3v) is 15.2. The molecule has 0 fully saturated rings. The van der Waals surface area contributed by atoms with Crippen molar-refractivity contribution in [2.45, 2.75) is 90.3 Å². The largest absolute Gasteiger partial charge is 0.543 e. The SMILES string of the molecule is C=C(C(=O)O)C(O)Cc1cc(O[Si](C)(C)C(C)(C)C)ccc1O[Si](C)(C)C(C)(C)C. The fraction of sp³-hybridized carbons (Fsp3) is 0.609. The molecule has 1 aromatic rings. The third kappa shape index (κ3) is 6.46. The number of aliphatic hydroxyl groups excluding tert-OH is 1. The summed E-state index contributed by atoms with van der Waals surface area (Å²) < 4.78 is 12.9. The first-order valence-corrected chi connectivity index (χ1v) is 16.2. The molecule has 0 heterocycles. The van der Waals surface area contributed by atoms with Crippen LogP contribution in [0.15, 0.2) is 30.4 Å². The molecule has 0 radical (unpaired) electrons. The zero-order valence-corrected chi connectivity index (χ0v) is 22.3. The Hall–Kier alpha value is -1.58. The molecular formula is C23H40O5Si2. The Morgan fingerprint density at radius 1 is 1.00 bits per heavy atom. The Morgan fingerprint density at radius 3 is 1.90 bits per heavy atom. The Kier molecular flexibility index (Phi) is 7.84. The lowest BCUT2D eigenvalue weighted by atomic mass is 10.0. The summed E-state index contributed by atoms with van der Waals surface area (Å²) in [5.41, 5.74) is 0.495. The minimum Gasteiger partial charge on any atom is -0.543 e. The van der Waals surface area contributed by atoms with E-state index in [1.165, 1.54) is 0 Å². The number of carboxylic acid groups (broad SMARTS) is 1. The van der Waals surface area contributed by atoms with Crippen molar-refractivity contribution in [2.24, 2.45) is 0 Å². The number of carbonyl (C=O) groups is 1. The van der Waals surface area contributed by atoms with Crippen LogP contribution >= 0.6 is 0 Å². The van der Waals surface area contributed by atoms with Crippen LogP contribution in [-0.4, -0.2) is 38.9 Å². The maximum absolute atomic E-state index is 11.2. The number of benzene rings is 1. The average Bonchev–Trinajstić information content (AvgIpc) is 2.53. The van der Waals surface area contributed by atoms with Gasteiger partial charge in [0.25, 0.3) is 0 Å². The lowest BCUT2D eigenvalue weighted by Crippen LogP contribution is -2.44. The van der Waals surface area contributed by atoms with Crippen LogP contribution in [0.5, 0.6) is 11.5 Å². The predicted molar refractivity (Wildman–Crippen MR) is 129 cm³/mol. The summed E-state index contributed by atoms with van der Waals surface area (Å²) in [5, 5.41) is 19.7. The van der Waals surface area contributed by atoms with Crippen molar-refractivity contribution in [2.75, 3.05) is 0 Å². The first kappa shape index (κ1) is 26.5. The second-order valence-electron chi connectivity index (χ2n) is 11.0. The summed E-state index contributed by atoms with van der Waals surface area (Å²) in [5.74, 6) is 0.178. The van der Waals surface area contributed by atoms with Crippen LogP contribution < -0.4 is 8.85 Å². The van der Waals surface area contributed by atoms with Crippen molar-refractivity contribution in [1.29, 1.82) is 0 Å². The van der Waals surface area contributed by atoms with E-state index in [4.69, 9.17) is 8.85 Å². The second kappa shape index (κ2) is 8.88. The summed E-state index contributed by atoms with van der Waals surface area (Å²) >= 11 is 0. The van der Waals surface area contributed by atoms with Gasteiger partial charge in [0.05, 0.1) is 11.7 Å². The molecule has 0 saturated carbocycles. The number of carboxylic acids is 1. The van der Waals surface area contributed by atoms with Gasteiger partial charge in [0, 0.05) is 6.42 Å². The number of hydrogen-bond donors (Lipinski definition) is 2. The van der Waals surface area contributed by atoms with Crippen LogP contribution in [0.4, 0.5) is 0 Å². The number of aliphatic hydroxyl groups is 1. The highest BCUT2D eigenvalue weighted by atomic mass is 28.4. The van der Waals surface area contributed by atoms with E-state index < -0.39 is 28.7 Å². The summed E-state index contributed by atoms with van der Waals surface area (Å²) in [7, 11) is -4.17. The van der Waals surface area contributed by atoms with E-state index in [0.717, 1.165) is 5.56 Å². The molecule has 0 saturated heterocycles. The van der Waals surface area contributed by atoms with Gasteiger partial charge in [-0.2, -0.15) is 0 Å². The summed E-state index contributed by atoms with van der Waals surface area (Å²) in [6, 6.07) is 5.67. The molecule has 170 valence electrons. The zero-order chi connectivity index (χ0) is 23.7. The smallest absolute Gasteiger partial charge is 0.333 e. The fourth-order valence-corrected chi connectivity index (χ4v) is 4.31. The fourth-order valence-electron chi connectivity index (χ4n) is 2.23. The summed E-state index contributed by atoms with van der Waals surface area (Å²) in [6.45, 7) is 25.2. The van der Waals surface area contributed by atoms with Crippen molar-refractivity contribution in [1.82, 2.24) is 0 Å². The van der Waals surface area contributed by atoms with E-state index in [1.54, 1.807) is 0 Å². The lowest BCUT2D eigenvalue weighted by Gasteiger charge is -2.38. The minimum atomic E-state index is -2.12. The Balaban J connectivity index is 3.37. The molecule has 30 heavy (non-hydrogen) atoms. The van der Waals surface area contributed by atoms with Gasteiger partial charge in [0.2, 0.25) is 16.6 Å². The van der Waals surface area contributed by atoms with Gasteiger partial charge in [-0.15, -0.1) is 0 Å². The number of aliphatic carboxylic acids is 1. The van der Waals surface area contributed by atoms with Gasteiger partial charge >= 0.3 is 5.97 Å². The van der Waals surface area contributed by atoms with Gasteiger partial charge in [0.15, 0.2) is 0 Å². The summed E-state index contributed by atoms with van der Waals surface area (Å²) in [6.07, 6.45) is -1.10. The van der Waals surface area contributed by atoms with Gasteiger partial charge in [-0.05, 0) is 60.0 Å². The third-order valence-electron chi connectivity index (χ3n) is 6.47. The van der Waals surface area contributed by atoms with Gasteiger partial charge in [-0.25, -0.2) is 4.79 Å². The molecule has 0 aromatic heterocycles. The van der Waals surface area contributed by atoms with E-state index in [0.29, 0.717) is 11.5 Å². The van der Waals surface area contributed by atoms with E-state index in [1.807, 2.05) is 18.2 Å². The minimum absolute atomic E-state index is 0.00383. The highest BCUT2D eigenvalue weighted by Crippen LogP contribution is 2.41. The first-order chi connectivity index (χ1) is 13.3. The topological polar surface area (TPSA) is 76.0 Å². The van der Waals surface area contributed by atoms with Gasteiger partial charge in [0.1, 0.15) is 11.5 Å².